The number of carbonyl (C=O) groups excluding carboxylic acids is 1. The topological polar surface area (TPSA) is 78.8 Å². The molecule has 0 spiro atoms. The number of amides is 1. The normalized spacial score (nSPS) is 24.5. The fourth-order valence-electron chi connectivity index (χ4n) is 5.48. The first-order chi connectivity index (χ1) is 18.1. The molecule has 1 aliphatic carbocycles. The van der Waals surface area contributed by atoms with Gasteiger partial charge < -0.3 is 19.8 Å². The zero-order chi connectivity index (χ0) is 25.6. The van der Waals surface area contributed by atoms with Crippen LogP contribution in [0.4, 0.5) is 0 Å². The summed E-state index contributed by atoms with van der Waals surface area (Å²) in [5.74, 6) is 1.82. The second-order valence-electron chi connectivity index (χ2n) is 10.4. The van der Waals surface area contributed by atoms with Crippen LogP contribution >= 0.6 is 0 Å². The van der Waals surface area contributed by atoms with Crippen molar-refractivity contribution in [1.29, 1.82) is 0 Å². The van der Waals surface area contributed by atoms with Crippen LogP contribution < -0.4 is 10.1 Å². The number of hydrogen-bond donors (Lipinski definition) is 1. The van der Waals surface area contributed by atoms with E-state index in [-0.39, 0.29) is 18.1 Å². The van der Waals surface area contributed by atoms with Gasteiger partial charge in [-0.15, -0.1) is 0 Å². The highest BCUT2D eigenvalue weighted by atomic mass is 16.6. The lowest BCUT2D eigenvalue weighted by molar-refractivity contribution is -0.135. The molecule has 1 N–H and O–H groups in total. The van der Waals surface area contributed by atoms with Crippen molar-refractivity contribution in [3.63, 3.8) is 0 Å². The third-order valence-corrected chi connectivity index (χ3v) is 7.95. The number of nitrogens with zero attached hydrogens (tertiary/aromatic N) is 4. The van der Waals surface area contributed by atoms with Gasteiger partial charge in [0.15, 0.2) is 6.29 Å². The Morgan fingerprint density at radius 1 is 1.16 bits per heavy atom. The molecule has 4 aliphatic rings. The molecular formula is C29H39N5O3. The Morgan fingerprint density at radius 2 is 1.95 bits per heavy atom. The van der Waals surface area contributed by atoms with Gasteiger partial charge >= 0.3 is 0 Å². The highest BCUT2D eigenvalue weighted by molar-refractivity contribution is 6.00. The largest absolute Gasteiger partial charge is 0.493 e. The van der Waals surface area contributed by atoms with E-state index in [4.69, 9.17) is 9.57 Å². The van der Waals surface area contributed by atoms with Crippen LogP contribution in [-0.4, -0.2) is 73.8 Å². The van der Waals surface area contributed by atoms with Crippen LogP contribution in [0, 0.1) is 11.8 Å². The predicted molar refractivity (Wildman–Crippen MR) is 146 cm³/mol. The molecule has 0 saturated carbocycles. The monoisotopic (exact) mass is 505 g/mol. The number of aliphatic imine (C=N–C) groups is 1. The summed E-state index contributed by atoms with van der Waals surface area (Å²) in [6.07, 6.45) is 12.3. The van der Waals surface area contributed by atoms with E-state index in [1.165, 1.54) is 16.7 Å². The number of nitrogens with one attached hydrogen (secondary N) is 1. The van der Waals surface area contributed by atoms with Crippen molar-refractivity contribution in [1.82, 2.24) is 15.1 Å². The molecule has 2 unspecified atom stereocenters. The second-order valence-corrected chi connectivity index (χ2v) is 10.4. The fraction of sp³-hybridized carbons (Fsp3) is 0.552. The second kappa shape index (κ2) is 11.9. The molecule has 37 heavy (non-hydrogen) atoms. The Balaban J connectivity index is 1.03. The van der Waals surface area contributed by atoms with E-state index in [2.05, 4.69) is 63.8 Å². The molecule has 3 aliphatic heterocycles. The Kier molecular flexibility index (Phi) is 8.24. The maximum atomic E-state index is 12.7. The highest BCUT2D eigenvalue weighted by Crippen LogP contribution is 2.33. The van der Waals surface area contributed by atoms with E-state index in [1.807, 2.05) is 11.1 Å². The van der Waals surface area contributed by atoms with E-state index >= 15 is 0 Å². The van der Waals surface area contributed by atoms with Crippen LogP contribution in [0.25, 0.3) is 5.57 Å². The lowest BCUT2D eigenvalue weighted by atomic mass is 9.85. The van der Waals surface area contributed by atoms with Crippen molar-refractivity contribution in [2.24, 2.45) is 22.0 Å². The van der Waals surface area contributed by atoms with Crippen molar-refractivity contribution in [2.75, 3.05) is 39.9 Å². The van der Waals surface area contributed by atoms with Crippen molar-refractivity contribution < 1.29 is 14.4 Å². The van der Waals surface area contributed by atoms with Crippen LogP contribution in [-0.2, 0) is 9.63 Å². The molecule has 1 aromatic rings. The van der Waals surface area contributed by atoms with Gasteiger partial charge in [-0.3, -0.25) is 14.7 Å². The van der Waals surface area contributed by atoms with Gasteiger partial charge in [-0.05, 0) is 73.3 Å². The third kappa shape index (κ3) is 6.24. The number of carbonyl (C=O) groups is 1. The predicted octanol–water partition coefficient (Wildman–Crippen LogP) is 4.06. The summed E-state index contributed by atoms with van der Waals surface area (Å²) in [5.41, 5.74) is 4.74. The van der Waals surface area contributed by atoms with Crippen LogP contribution in [0.15, 0.2) is 52.3 Å². The Bertz CT molecular complexity index is 1060. The summed E-state index contributed by atoms with van der Waals surface area (Å²) in [6, 6.07) is 8.47. The van der Waals surface area contributed by atoms with E-state index in [0.717, 1.165) is 69.7 Å². The number of likely N-dealkylation sites (tertiary alicyclic amines) is 2. The summed E-state index contributed by atoms with van der Waals surface area (Å²) >= 11 is 0. The quantitative estimate of drug-likeness (QED) is 0.539. The minimum atomic E-state index is 0.0751. The van der Waals surface area contributed by atoms with Crippen LogP contribution in [0.5, 0.6) is 5.75 Å². The smallest absolute Gasteiger partial charge is 0.226 e. The Morgan fingerprint density at radius 3 is 2.57 bits per heavy atom. The molecule has 0 radical (unpaired) electrons. The molecule has 1 amide bonds. The van der Waals surface area contributed by atoms with Gasteiger partial charge in [-0.2, -0.15) is 0 Å². The van der Waals surface area contributed by atoms with Gasteiger partial charge in [0.2, 0.25) is 5.91 Å². The Labute approximate surface area is 220 Å². The lowest BCUT2D eigenvalue weighted by Gasteiger charge is -2.36. The molecule has 8 heteroatoms. The summed E-state index contributed by atoms with van der Waals surface area (Å²) in [5, 5.41) is 7.34. The first-order valence-electron chi connectivity index (χ1n) is 13.6. The molecule has 2 saturated heterocycles. The average Bonchev–Trinajstić information content (AvgIpc) is 2.94. The van der Waals surface area contributed by atoms with Gasteiger partial charge in [-0.1, -0.05) is 30.3 Å². The van der Waals surface area contributed by atoms with Gasteiger partial charge in [-0.25, -0.2) is 0 Å². The van der Waals surface area contributed by atoms with Gasteiger partial charge in [0.1, 0.15) is 12.9 Å². The molecule has 2 atom stereocenters. The Hall–Kier alpha value is -3.13. The van der Waals surface area contributed by atoms with Crippen molar-refractivity contribution in [2.45, 2.75) is 51.7 Å². The first kappa shape index (κ1) is 25.5. The van der Waals surface area contributed by atoms with E-state index in [1.54, 1.807) is 7.11 Å². The van der Waals surface area contributed by atoms with Crippen LogP contribution in [0.3, 0.4) is 0 Å². The fourth-order valence-corrected chi connectivity index (χ4v) is 5.48. The number of benzene rings is 1. The standard InChI is InChI=1S/C29H39N5O3/c1-3-21-16-30-29(31-17-21)33-14-12-22(13-15-33)20-37-27-10-8-24(9-11-27)23-4-6-25(7-5-23)28(35)34-18-26(19-34)32-36-2/h4,8-11,16-17,22,25,29-30H,3,5-7,12-15,18-20H2,1-2H3. The molecule has 0 aromatic heterocycles. The number of allylic oxidation sites excluding steroid dienone is 3. The van der Waals surface area contributed by atoms with Crippen molar-refractivity contribution >= 4 is 23.4 Å². The molecule has 3 heterocycles. The van der Waals surface area contributed by atoms with Crippen LogP contribution in [0.1, 0.15) is 51.0 Å². The number of hydrogen-bond acceptors (Lipinski definition) is 7. The number of oxime groups is 1. The highest BCUT2D eigenvalue weighted by Gasteiger charge is 2.33. The van der Waals surface area contributed by atoms with Crippen molar-refractivity contribution in [3.8, 4) is 5.75 Å². The van der Waals surface area contributed by atoms with Crippen LogP contribution in [0.2, 0.25) is 0 Å². The number of piperidine rings is 1. The molecule has 198 valence electrons. The van der Waals surface area contributed by atoms with E-state index in [9.17, 15) is 4.79 Å². The zero-order valence-corrected chi connectivity index (χ0v) is 22.1. The molecule has 1 aromatic carbocycles. The van der Waals surface area contributed by atoms with Gasteiger partial charge in [0.25, 0.3) is 0 Å². The summed E-state index contributed by atoms with van der Waals surface area (Å²) in [7, 11) is 1.54. The zero-order valence-electron chi connectivity index (χ0n) is 22.1. The lowest BCUT2D eigenvalue weighted by Crippen LogP contribution is -2.52. The molecule has 2 fully saturated rings. The van der Waals surface area contributed by atoms with E-state index < -0.39 is 0 Å². The molecule has 5 rings (SSSR count). The average molecular weight is 506 g/mol. The first-order valence-corrected chi connectivity index (χ1v) is 13.6. The maximum Gasteiger partial charge on any atom is 0.226 e. The molecular weight excluding hydrogens is 466 g/mol. The third-order valence-electron chi connectivity index (χ3n) is 7.95. The van der Waals surface area contributed by atoms with Crippen molar-refractivity contribution in [3.05, 3.63) is 47.7 Å². The molecule has 8 nitrogen and oxygen atoms in total. The summed E-state index contributed by atoms with van der Waals surface area (Å²) < 4.78 is 6.16. The molecule has 0 bridgehead atoms. The minimum Gasteiger partial charge on any atom is -0.493 e. The minimum absolute atomic E-state index is 0.0751. The van der Waals surface area contributed by atoms with Gasteiger partial charge in [0, 0.05) is 31.4 Å². The number of ether oxygens (including phenoxy) is 1. The number of rotatable bonds is 8. The van der Waals surface area contributed by atoms with E-state index in [0.29, 0.717) is 19.0 Å². The maximum absolute atomic E-state index is 12.7. The summed E-state index contributed by atoms with van der Waals surface area (Å²) in [4.78, 5) is 26.5. The SMILES string of the molecule is CCC1=CNC(N2CCC(COc3ccc(C4=CCC(C(=O)N5CC(=NOC)C5)CC4)cc3)CC2)N=C1. The summed E-state index contributed by atoms with van der Waals surface area (Å²) in [6.45, 7) is 6.18. The van der Waals surface area contributed by atoms with Gasteiger partial charge in [0.05, 0.1) is 25.4 Å².